The lowest BCUT2D eigenvalue weighted by atomic mass is 9.98. The van der Waals surface area contributed by atoms with Gasteiger partial charge >= 0.3 is 0 Å². The van der Waals surface area contributed by atoms with Crippen molar-refractivity contribution in [2.45, 2.75) is 0 Å². The average molecular weight is 640 g/mol. The van der Waals surface area contributed by atoms with Crippen molar-refractivity contribution in [1.29, 1.82) is 0 Å². The molecular formula is C48H33NO. The van der Waals surface area contributed by atoms with Gasteiger partial charge in [-0.3, -0.25) is 0 Å². The Morgan fingerprint density at radius 3 is 1.96 bits per heavy atom. The van der Waals surface area contributed by atoms with Crippen LogP contribution in [0.4, 0.5) is 11.4 Å². The summed E-state index contributed by atoms with van der Waals surface area (Å²) in [5.41, 5.74) is 9.38. The van der Waals surface area contributed by atoms with Gasteiger partial charge in [-0.15, -0.1) is 0 Å². The van der Waals surface area contributed by atoms with Crippen LogP contribution in [0.2, 0.25) is 0 Å². The Labute approximate surface area is 290 Å². The Balaban J connectivity index is 1.28. The Bertz CT molecular complexity index is 2850. The van der Waals surface area contributed by atoms with Crippen molar-refractivity contribution in [3.05, 3.63) is 193 Å². The van der Waals surface area contributed by atoms with Crippen LogP contribution in [-0.4, -0.2) is 0 Å². The SMILES string of the molecule is C=C/C(=c1/ccc2ccccc2c1=C)N(c1ccc(-c2ccccc2)cc1)c1ccccc1-c1ccc2oc3c4ccccc4ccc3c2c1. The lowest BCUT2D eigenvalue weighted by Crippen LogP contribution is -2.32. The van der Waals surface area contributed by atoms with Crippen LogP contribution in [-0.2, 0) is 0 Å². The van der Waals surface area contributed by atoms with Gasteiger partial charge in [0.25, 0.3) is 0 Å². The monoisotopic (exact) mass is 639 g/mol. The van der Waals surface area contributed by atoms with E-state index >= 15 is 0 Å². The number of hydrogen-bond donors (Lipinski definition) is 0. The Morgan fingerprint density at radius 2 is 1.16 bits per heavy atom. The standard InChI is InChI=1S/C48H33NO/c1-3-45(40-28-23-35-15-7-9-17-39(35)32(40)2)49(38-26-21-34(22-27-38)33-13-5-4-6-14-33)46-20-12-11-18-41(46)37-25-30-47-44(31-37)43-29-24-36-16-8-10-19-42(36)48(43)50-47/h3-31H,1-2H2/b45-40+. The molecule has 50 heavy (non-hydrogen) atoms. The first kappa shape index (κ1) is 29.5. The molecular weight excluding hydrogens is 607 g/mol. The third-order valence-electron chi connectivity index (χ3n) is 9.80. The fourth-order valence-corrected chi connectivity index (χ4v) is 7.32. The van der Waals surface area contributed by atoms with Gasteiger partial charge in [-0.25, -0.2) is 0 Å². The Hall–Kier alpha value is -6.64. The van der Waals surface area contributed by atoms with Gasteiger partial charge in [0, 0.05) is 32.6 Å². The first-order chi connectivity index (χ1) is 24.7. The van der Waals surface area contributed by atoms with Crippen LogP contribution in [0.15, 0.2) is 187 Å². The molecule has 2 nitrogen and oxygen atoms in total. The largest absolute Gasteiger partial charge is 0.455 e. The minimum Gasteiger partial charge on any atom is -0.455 e. The van der Waals surface area contributed by atoms with Crippen LogP contribution in [0, 0.1) is 0 Å². The summed E-state index contributed by atoms with van der Waals surface area (Å²) in [5, 5.41) is 8.80. The maximum Gasteiger partial charge on any atom is 0.143 e. The lowest BCUT2D eigenvalue weighted by Gasteiger charge is -2.29. The summed E-state index contributed by atoms with van der Waals surface area (Å²) in [7, 11) is 0. The van der Waals surface area contributed by atoms with Gasteiger partial charge in [-0.2, -0.15) is 0 Å². The molecule has 0 bridgehead atoms. The summed E-state index contributed by atoms with van der Waals surface area (Å²) < 4.78 is 6.48. The minimum atomic E-state index is 0.877. The molecule has 0 saturated carbocycles. The summed E-state index contributed by atoms with van der Waals surface area (Å²) in [6, 6.07) is 59.9. The van der Waals surface area contributed by atoms with Crippen LogP contribution in [0.1, 0.15) is 0 Å². The van der Waals surface area contributed by atoms with Gasteiger partial charge in [-0.05, 0) is 80.5 Å². The average Bonchev–Trinajstić information content (AvgIpc) is 3.57. The molecule has 1 heterocycles. The van der Waals surface area contributed by atoms with E-state index in [0.29, 0.717) is 0 Å². The lowest BCUT2D eigenvalue weighted by molar-refractivity contribution is 0.672. The minimum absolute atomic E-state index is 0.877. The number of rotatable bonds is 6. The van der Waals surface area contributed by atoms with E-state index in [-0.39, 0.29) is 0 Å². The first-order valence-electron chi connectivity index (χ1n) is 16.9. The Kier molecular flexibility index (Phi) is 7.14. The smallest absolute Gasteiger partial charge is 0.143 e. The summed E-state index contributed by atoms with van der Waals surface area (Å²) in [4.78, 5) is 2.32. The van der Waals surface area contributed by atoms with Gasteiger partial charge in [0.05, 0.1) is 11.4 Å². The molecule has 0 spiro atoms. The second kappa shape index (κ2) is 12.1. The molecule has 9 aromatic rings. The molecule has 8 aromatic carbocycles. The molecule has 0 unspecified atom stereocenters. The maximum absolute atomic E-state index is 6.48. The molecule has 0 fully saturated rings. The second-order valence-electron chi connectivity index (χ2n) is 12.6. The van der Waals surface area contributed by atoms with E-state index in [2.05, 4.69) is 182 Å². The molecule has 0 aliphatic carbocycles. The number of furan rings is 1. The highest BCUT2D eigenvalue weighted by atomic mass is 16.3. The molecule has 236 valence electrons. The predicted molar refractivity (Wildman–Crippen MR) is 213 cm³/mol. The third kappa shape index (κ3) is 4.89. The van der Waals surface area contributed by atoms with E-state index in [9.17, 15) is 0 Å². The summed E-state index contributed by atoms with van der Waals surface area (Å²) in [6.07, 6.45) is 1.96. The summed E-state index contributed by atoms with van der Waals surface area (Å²) >= 11 is 0. The van der Waals surface area contributed by atoms with Crippen molar-refractivity contribution in [1.82, 2.24) is 0 Å². The maximum atomic E-state index is 6.48. The highest BCUT2D eigenvalue weighted by Gasteiger charge is 2.20. The molecule has 0 saturated heterocycles. The van der Waals surface area contributed by atoms with Crippen LogP contribution < -0.4 is 15.3 Å². The van der Waals surface area contributed by atoms with E-state index in [4.69, 9.17) is 4.42 Å². The van der Waals surface area contributed by atoms with Crippen molar-refractivity contribution in [3.8, 4) is 22.3 Å². The van der Waals surface area contributed by atoms with E-state index in [1.807, 2.05) is 12.1 Å². The molecule has 0 atom stereocenters. The Morgan fingerprint density at radius 1 is 0.520 bits per heavy atom. The number of nitrogens with zero attached hydrogens (tertiary/aromatic N) is 1. The van der Waals surface area contributed by atoms with Gasteiger partial charge in [0.2, 0.25) is 0 Å². The van der Waals surface area contributed by atoms with Gasteiger partial charge < -0.3 is 9.32 Å². The summed E-state index contributed by atoms with van der Waals surface area (Å²) in [5.74, 6) is 0. The number of fused-ring (bicyclic) bond motifs is 6. The first-order valence-corrected chi connectivity index (χ1v) is 16.9. The third-order valence-corrected chi connectivity index (χ3v) is 9.80. The molecule has 0 amide bonds. The number of hydrogen-bond acceptors (Lipinski definition) is 2. The topological polar surface area (TPSA) is 16.4 Å². The quantitative estimate of drug-likeness (QED) is 0.180. The highest BCUT2D eigenvalue weighted by molar-refractivity contribution is 6.15. The molecule has 2 heteroatoms. The highest BCUT2D eigenvalue weighted by Crippen LogP contribution is 2.41. The van der Waals surface area contributed by atoms with Crippen molar-refractivity contribution in [2.75, 3.05) is 4.90 Å². The van der Waals surface area contributed by atoms with Crippen LogP contribution in [0.25, 0.3) is 78.0 Å². The second-order valence-corrected chi connectivity index (χ2v) is 12.6. The fraction of sp³-hybridized carbons (Fsp3) is 0. The fourth-order valence-electron chi connectivity index (χ4n) is 7.32. The van der Waals surface area contributed by atoms with Crippen molar-refractivity contribution in [3.63, 3.8) is 0 Å². The van der Waals surface area contributed by atoms with Crippen molar-refractivity contribution < 1.29 is 4.42 Å². The zero-order chi connectivity index (χ0) is 33.6. The van der Waals surface area contributed by atoms with E-state index in [1.54, 1.807) is 0 Å². The van der Waals surface area contributed by atoms with E-state index in [0.717, 1.165) is 82.3 Å². The van der Waals surface area contributed by atoms with Gasteiger partial charge in [0.15, 0.2) is 0 Å². The van der Waals surface area contributed by atoms with Crippen LogP contribution in [0.5, 0.6) is 0 Å². The van der Waals surface area contributed by atoms with Crippen LogP contribution in [0.3, 0.4) is 0 Å². The zero-order valence-corrected chi connectivity index (χ0v) is 27.5. The summed E-state index contributed by atoms with van der Waals surface area (Å²) in [6.45, 7) is 8.97. The molecule has 0 aliphatic heterocycles. The van der Waals surface area contributed by atoms with Crippen LogP contribution >= 0.6 is 0 Å². The van der Waals surface area contributed by atoms with Crippen molar-refractivity contribution >= 4 is 67.1 Å². The molecule has 0 aliphatic rings. The molecule has 0 N–H and O–H groups in total. The van der Waals surface area contributed by atoms with E-state index in [1.165, 1.54) is 10.9 Å². The number of anilines is 2. The van der Waals surface area contributed by atoms with E-state index < -0.39 is 0 Å². The zero-order valence-electron chi connectivity index (χ0n) is 27.5. The number of para-hydroxylation sites is 1. The molecule has 1 aromatic heterocycles. The normalized spacial score (nSPS) is 12.1. The van der Waals surface area contributed by atoms with Gasteiger partial charge in [0.1, 0.15) is 11.2 Å². The predicted octanol–water partition coefficient (Wildman–Crippen LogP) is 11.8. The molecule has 9 rings (SSSR count). The van der Waals surface area contributed by atoms with Gasteiger partial charge in [-0.1, -0.05) is 147 Å². The molecule has 0 radical (unpaired) electrons. The van der Waals surface area contributed by atoms with Crippen molar-refractivity contribution in [2.24, 2.45) is 0 Å². The number of benzene rings is 8.